The van der Waals surface area contributed by atoms with Gasteiger partial charge in [0, 0.05) is 12.3 Å². The first-order valence-electron chi connectivity index (χ1n) is 10.4. The molecule has 2 rings (SSSR count). The van der Waals surface area contributed by atoms with Crippen LogP contribution < -0.4 is 4.74 Å². The summed E-state index contributed by atoms with van der Waals surface area (Å²) in [6, 6.07) is 5.61. The van der Waals surface area contributed by atoms with Crippen molar-refractivity contribution in [3.05, 3.63) is 66.5 Å². The normalized spacial score (nSPS) is 22.1. The Morgan fingerprint density at radius 2 is 2.00 bits per heavy atom. The van der Waals surface area contributed by atoms with Gasteiger partial charge in [-0.1, -0.05) is 36.5 Å². The molecule has 1 aliphatic rings. The molecule has 0 aromatic heterocycles. The third-order valence-corrected chi connectivity index (χ3v) is 4.87. The third kappa shape index (κ3) is 8.51. The van der Waals surface area contributed by atoms with Crippen molar-refractivity contribution in [2.75, 3.05) is 13.2 Å². The Morgan fingerprint density at radius 3 is 2.73 bits per heavy atom. The van der Waals surface area contributed by atoms with Gasteiger partial charge in [0.1, 0.15) is 24.3 Å². The monoisotopic (exact) mass is 418 g/mol. The van der Waals surface area contributed by atoms with Crippen LogP contribution in [0.4, 0.5) is 4.39 Å². The van der Waals surface area contributed by atoms with E-state index in [9.17, 15) is 19.4 Å². The number of hydrogen-bond acceptors (Lipinski definition) is 5. The van der Waals surface area contributed by atoms with Gasteiger partial charge >= 0.3 is 5.97 Å². The summed E-state index contributed by atoms with van der Waals surface area (Å²) in [5, 5.41) is 20.3. The number of halogens is 1. The van der Waals surface area contributed by atoms with Crippen LogP contribution in [0.25, 0.3) is 0 Å². The lowest BCUT2D eigenvalue weighted by Gasteiger charge is -2.18. The summed E-state index contributed by atoms with van der Waals surface area (Å²) >= 11 is 0. The minimum atomic E-state index is -0.832. The van der Waals surface area contributed by atoms with E-state index in [0.717, 1.165) is 19.3 Å². The number of aliphatic hydroxyl groups excluding tert-OH is 2. The van der Waals surface area contributed by atoms with Crippen molar-refractivity contribution in [1.82, 2.24) is 0 Å². The lowest BCUT2D eigenvalue weighted by Crippen LogP contribution is -2.20. The standard InChI is InChI=1S/C24H31FO5/c1-2-29-24(28)8-6-4-3-5-7-18-9-16-23(27)22(18)15-12-20(26)17-30-21-13-10-19(25)11-14-21/h3,5,9-16,18,20,22-23,26-27H,2,4,6-8,17H2,1H3/t18-,20?,22+,23+/m0/s1. The van der Waals surface area contributed by atoms with E-state index in [1.807, 2.05) is 18.2 Å². The minimum absolute atomic E-state index is 0.0451. The molecule has 0 amide bonds. The van der Waals surface area contributed by atoms with Crippen LogP contribution >= 0.6 is 0 Å². The number of rotatable bonds is 12. The molecule has 0 fully saturated rings. The number of allylic oxidation sites excluding steroid dienone is 3. The van der Waals surface area contributed by atoms with Gasteiger partial charge in [-0.3, -0.25) is 4.79 Å². The highest BCUT2D eigenvalue weighted by molar-refractivity contribution is 5.69. The van der Waals surface area contributed by atoms with Crippen LogP contribution in [0.1, 0.15) is 32.6 Å². The maximum absolute atomic E-state index is 12.9. The summed E-state index contributed by atoms with van der Waals surface area (Å²) in [7, 11) is 0. The lowest BCUT2D eigenvalue weighted by molar-refractivity contribution is -0.143. The molecule has 2 N–H and O–H groups in total. The van der Waals surface area contributed by atoms with Crippen LogP contribution in [0.5, 0.6) is 5.75 Å². The van der Waals surface area contributed by atoms with Crippen LogP contribution in [-0.2, 0) is 9.53 Å². The zero-order chi connectivity index (χ0) is 21.8. The maximum Gasteiger partial charge on any atom is 0.305 e. The fraction of sp³-hybridized carbons (Fsp3) is 0.458. The zero-order valence-corrected chi connectivity index (χ0v) is 17.3. The van der Waals surface area contributed by atoms with Crippen LogP contribution in [0.15, 0.2) is 60.7 Å². The van der Waals surface area contributed by atoms with E-state index in [1.54, 1.807) is 19.1 Å². The highest BCUT2D eigenvalue weighted by Gasteiger charge is 2.27. The van der Waals surface area contributed by atoms with Crippen molar-refractivity contribution in [3.63, 3.8) is 0 Å². The van der Waals surface area contributed by atoms with Gasteiger partial charge in [0.25, 0.3) is 0 Å². The Morgan fingerprint density at radius 1 is 1.23 bits per heavy atom. The van der Waals surface area contributed by atoms with E-state index >= 15 is 0 Å². The summed E-state index contributed by atoms with van der Waals surface area (Å²) in [6.07, 6.45) is 12.6. The van der Waals surface area contributed by atoms with Gasteiger partial charge < -0.3 is 19.7 Å². The predicted octanol–water partition coefficient (Wildman–Crippen LogP) is 3.96. The summed E-state index contributed by atoms with van der Waals surface area (Å²) in [5.41, 5.74) is 0. The molecule has 164 valence electrons. The van der Waals surface area contributed by atoms with Gasteiger partial charge in [-0.25, -0.2) is 4.39 Å². The van der Waals surface area contributed by atoms with Crippen LogP contribution in [0.2, 0.25) is 0 Å². The molecule has 1 aromatic carbocycles. The molecule has 0 radical (unpaired) electrons. The SMILES string of the molecule is CCOC(=O)CCCC=CC[C@H]1C=C[C@@H](O)[C@@H]1C=CC(O)COc1ccc(F)cc1. The largest absolute Gasteiger partial charge is 0.491 e. The Hall–Kier alpha value is -2.44. The second-order valence-electron chi connectivity index (χ2n) is 7.24. The lowest BCUT2D eigenvalue weighted by atomic mass is 9.90. The van der Waals surface area contributed by atoms with Gasteiger partial charge in [-0.2, -0.15) is 0 Å². The Balaban J connectivity index is 1.73. The number of carbonyl (C=O) groups excluding carboxylic acids is 1. The fourth-order valence-electron chi connectivity index (χ4n) is 3.25. The topological polar surface area (TPSA) is 76.0 Å². The smallest absolute Gasteiger partial charge is 0.305 e. The first-order chi connectivity index (χ1) is 14.5. The van der Waals surface area contributed by atoms with Crippen LogP contribution in [-0.4, -0.2) is 41.6 Å². The molecule has 1 aromatic rings. The number of esters is 1. The second-order valence-corrected chi connectivity index (χ2v) is 7.24. The average Bonchev–Trinajstić information content (AvgIpc) is 3.08. The summed E-state index contributed by atoms with van der Waals surface area (Å²) in [4.78, 5) is 11.3. The summed E-state index contributed by atoms with van der Waals surface area (Å²) < 4.78 is 23.2. The maximum atomic E-state index is 12.9. The molecule has 1 unspecified atom stereocenters. The van der Waals surface area contributed by atoms with E-state index in [0.29, 0.717) is 18.8 Å². The van der Waals surface area contributed by atoms with Gasteiger partial charge in [0.15, 0.2) is 0 Å². The number of aliphatic hydroxyl groups is 2. The van der Waals surface area contributed by atoms with E-state index in [-0.39, 0.29) is 30.2 Å². The first-order valence-corrected chi connectivity index (χ1v) is 10.4. The summed E-state index contributed by atoms with van der Waals surface area (Å²) in [5.74, 6) is -0.000616. The molecule has 1 aliphatic carbocycles. The van der Waals surface area contributed by atoms with Gasteiger partial charge in [-0.05, 0) is 56.4 Å². The van der Waals surface area contributed by atoms with Crippen LogP contribution in [0.3, 0.4) is 0 Å². The number of carbonyl (C=O) groups is 1. The van der Waals surface area contributed by atoms with Crippen molar-refractivity contribution in [1.29, 1.82) is 0 Å². The van der Waals surface area contributed by atoms with Gasteiger partial charge in [0.2, 0.25) is 0 Å². The van der Waals surface area contributed by atoms with Crippen molar-refractivity contribution in [2.45, 2.75) is 44.8 Å². The first kappa shape index (κ1) is 23.8. The highest BCUT2D eigenvalue weighted by Crippen LogP contribution is 2.30. The number of ether oxygens (including phenoxy) is 2. The van der Waals surface area contributed by atoms with Crippen molar-refractivity contribution >= 4 is 5.97 Å². The van der Waals surface area contributed by atoms with E-state index in [2.05, 4.69) is 6.08 Å². The van der Waals surface area contributed by atoms with Gasteiger partial charge in [-0.15, -0.1) is 0 Å². The number of hydrogen-bond donors (Lipinski definition) is 2. The molecular weight excluding hydrogens is 387 g/mol. The van der Waals surface area contributed by atoms with Crippen LogP contribution in [0, 0.1) is 17.7 Å². The molecular formula is C24H31FO5. The molecule has 5 nitrogen and oxygen atoms in total. The highest BCUT2D eigenvalue weighted by atomic mass is 19.1. The number of benzene rings is 1. The quantitative estimate of drug-likeness (QED) is 0.305. The Labute approximate surface area is 177 Å². The van der Waals surface area contributed by atoms with Crippen molar-refractivity contribution < 1.29 is 28.9 Å². The van der Waals surface area contributed by atoms with E-state index < -0.39 is 12.2 Å². The van der Waals surface area contributed by atoms with Crippen molar-refractivity contribution in [2.24, 2.45) is 11.8 Å². The minimum Gasteiger partial charge on any atom is -0.491 e. The zero-order valence-electron chi connectivity index (χ0n) is 17.3. The molecule has 0 spiro atoms. The Bertz CT molecular complexity index is 726. The predicted molar refractivity (Wildman–Crippen MR) is 113 cm³/mol. The number of unbranched alkanes of at least 4 members (excludes halogenated alkanes) is 1. The van der Waals surface area contributed by atoms with Crippen molar-refractivity contribution in [3.8, 4) is 5.75 Å². The summed E-state index contributed by atoms with van der Waals surface area (Å²) in [6.45, 7) is 2.25. The molecule has 0 aliphatic heterocycles. The van der Waals surface area contributed by atoms with E-state index in [4.69, 9.17) is 9.47 Å². The van der Waals surface area contributed by atoms with Gasteiger partial charge in [0.05, 0.1) is 12.7 Å². The molecule has 30 heavy (non-hydrogen) atoms. The third-order valence-electron chi connectivity index (χ3n) is 4.87. The average molecular weight is 419 g/mol. The molecule has 0 heterocycles. The van der Waals surface area contributed by atoms with E-state index in [1.165, 1.54) is 24.3 Å². The molecule has 4 atom stereocenters. The molecule has 6 heteroatoms. The fourth-order valence-corrected chi connectivity index (χ4v) is 3.25. The Kier molecular flexibility index (Phi) is 10.3. The molecule has 0 saturated carbocycles. The molecule has 0 bridgehead atoms. The second kappa shape index (κ2) is 13.0. The molecule has 0 saturated heterocycles.